The van der Waals surface area contributed by atoms with Crippen molar-refractivity contribution in [2.24, 2.45) is 0 Å². The molecule has 1 rings (SSSR count). The number of carbonyl (C=O) groups is 1. The van der Waals surface area contributed by atoms with Crippen LogP contribution in [0.3, 0.4) is 0 Å². The van der Waals surface area contributed by atoms with E-state index in [1.165, 1.54) is 6.07 Å². The number of alkyl halides is 2. The van der Waals surface area contributed by atoms with Crippen LogP contribution in [0, 0.1) is 0 Å². The Morgan fingerprint density at radius 3 is 2.68 bits per heavy atom. The Bertz CT molecular complexity index is 415. The van der Waals surface area contributed by atoms with Crippen LogP contribution >= 0.6 is 11.8 Å². The SMILES string of the molecule is CCN(CCCO)C(=O)c1ccccc1SC(F)F. The van der Waals surface area contributed by atoms with Gasteiger partial charge in [0.05, 0.1) is 5.56 Å². The minimum atomic E-state index is -2.55. The first kappa shape index (κ1) is 15.9. The van der Waals surface area contributed by atoms with E-state index in [9.17, 15) is 13.6 Å². The number of hydrogen-bond donors (Lipinski definition) is 1. The second-order valence-electron chi connectivity index (χ2n) is 3.84. The smallest absolute Gasteiger partial charge is 0.288 e. The van der Waals surface area contributed by atoms with Gasteiger partial charge < -0.3 is 10.0 Å². The van der Waals surface area contributed by atoms with E-state index in [-0.39, 0.29) is 23.0 Å². The van der Waals surface area contributed by atoms with Crippen LogP contribution < -0.4 is 0 Å². The lowest BCUT2D eigenvalue weighted by Crippen LogP contribution is -2.32. The van der Waals surface area contributed by atoms with E-state index in [1.807, 2.05) is 6.92 Å². The highest BCUT2D eigenvalue weighted by molar-refractivity contribution is 7.99. The van der Waals surface area contributed by atoms with Crippen LogP contribution in [0.4, 0.5) is 8.78 Å². The van der Waals surface area contributed by atoms with Crippen molar-refractivity contribution in [1.29, 1.82) is 0 Å². The predicted octanol–water partition coefficient (Wildman–Crippen LogP) is 2.85. The topological polar surface area (TPSA) is 40.5 Å². The van der Waals surface area contributed by atoms with E-state index in [2.05, 4.69) is 0 Å². The molecule has 0 radical (unpaired) electrons. The summed E-state index contributed by atoms with van der Waals surface area (Å²) in [7, 11) is 0. The van der Waals surface area contributed by atoms with Crippen molar-refractivity contribution in [3.8, 4) is 0 Å². The number of aliphatic hydroxyl groups excluding tert-OH is 1. The second-order valence-corrected chi connectivity index (χ2v) is 4.87. The fourth-order valence-corrected chi connectivity index (χ4v) is 2.31. The van der Waals surface area contributed by atoms with E-state index in [0.717, 1.165) is 0 Å². The van der Waals surface area contributed by atoms with Crippen LogP contribution in [0.15, 0.2) is 29.2 Å². The number of amides is 1. The standard InChI is InChI=1S/C13H17F2NO2S/c1-2-16(8-5-9-17)12(18)10-6-3-4-7-11(10)19-13(14)15/h3-4,6-7,13,17H,2,5,8-9H2,1H3. The molecule has 1 N–H and O–H groups in total. The molecular weight excluding hydrogens is 272 g/mol. The zero-order valence-electron chi connectivity index (χ0n) is 10.7. The molecule has 1 aromatic rings. The van der Waals surface area contributed by atoms with E-state index < -0.39 is 5.76 Å². The van der Waals surface area contributed by atoms with E-state index in [1.54, 1.807) is 23.1 Å². The maximum absolute atomic E-state index is 12.5. The van der Waals surface area contributed by atoms with Gasteiger partial charge in [-0.05, 0) is 25.5 Å². The van der Waals surface area contributed by atoms with Gasteiger partial charge in [0.1, 0.15) is 0 Å². The molecule has 0 aliphatic heterocycles. The molecule has 6 heteroatoms. The maximum atomic E-state index is 12.5. The van der Waals surface area contributed by atoms with Gasteiger partial charge in [-0.3, -0.25) is 4.79 Å². The van der Waals surface area contributed by atoms with Gasteiger partial charge in [-0.2, -0.15) is 8.78 Å². The van der Waals surface area contributed by atoms with Gasteiger partial charge in [0, 0.05) is 24.6 Å². The fourth-order valence-electron chi connectivity index (χ4n) is 1.68. The molecule has 106 valence electrons. The Hall–Kier alpha value is -1.14. The summed E-state index contributed by atoms with van der Waals surface area (Å²) in [4.78, 5) is 14.1. The molecule has 19 heavy (non-hydrogen) atoms. The van der Waals surface area contributed by atoms with Gasteiger partial charge in [0.25, 0.3) is 11.7 Å². The summed E-state index contributed by atoms with van der Waals surface area (Å²) >= 11 is 0.375. The van der Waals surface area contributed by atoms with Gasteiger partial charge in [-0.15, -0.1) is 0 Å². The molecule has 1 aromatic carbocycles. The third-order valence-corrected chi connectivity index (χ3v) is 3.38. The van der Waals surface area contributed by atoms with Crippen molar-refractivity contribution in [2.45, 2.75) is 24.0 Å². The Morgan fingerprint density at radius 1 is 1.42 bits per heavy atom. The van der Waals surface area contributed by atoms with Crippen molar-refractivity contribution in [1.82, 2.24) is 4.90 Å². The Morgan fingerprint density at radius 2 is 2.11 bits per heavy atom. The van der Waals surface area contributed by atoms with E-state index >= 15 is 0 Å². The first-order chi connectivity index (χ1) is 9.10. The molecular formula is C13H17F2NO2S. The molecule has 0 heterocycles. The minimum Gasteiger partial charge on any atom is -0.396 e. The number of nitrogens with zero attached hydrogens (tertiary/aromatic N) is 1. The van der Waals surface area contributed by atoms with Crippen molar-refractivity contribution in [3.05, 3.63) is 29.8 Å². The van der Waals surface area contributed by atoms with Crippen LogP contribution in [-0.4, -0.2) is 41.4 Å². The molecule has 0 aliphatic rings. The first-order valence-corrected chi connectivity index (χ1v) is 6.92. The molecule has 0 saturated heterocycles. The zero-order valence-corrected chi connectivity index (χ0v) is 11.5. The van der Waals surface area contributed by atoms with Crippen LogP contribution in [0.25, 0.3) is 0 Å². The lowest BCUT2D eigenvalue weighted by atomic mass is 10.2. The summed E-state index contributed by atoms with van der Waals surface area (Å²) in [6.07, 6.45) is 0.476. The molecule has 1 amide bonds. The number of rotatable bonds is 7. The van der Waals surface area contributed by atoms with Gasteiger partial charge >= 0.3 is 0 Å². The number of aliphatic hydroxyl groups is 1. The summed E-state index contributed by atoms with van der Waals surface area (Å²) in [5.41, 5.74) is 0.285. The number of benzene rings is 1. The van der Waals surface area contributed by atoms with Crippen LogP contribution in [-0.2, 0) is 0 Å². The monoisotopic (exact) mass is 289 g/mol. The molecule has 0 spiro atoms. The van der Waals surface area contributed by atoms with Crippen LogP contribution in [0.1, 0.15) is 23.7 Å². The molecule has 0 saturated carbocycles. The highest BCUT2D eigenvalue weighted by Gasteiger charge is 2.19. The average molecular weight is 289 g/mol. The second kappa shape index (κ2) is 8.12. The molecule has 0 fully saturated rings. The third-order valence-electron chi connectivity index (χ3n) is 2.59. The van der Waals surface area contributed by atoms with E-state index in [4.69, 9.17) is 5.11 Å². The average Bonchev–Trinajstić information content (AvgIpc) is 2.39. The number of thioether (sulfide) groups is 1. The Balaban J connectivity index is 2.90. The van der Waals surface area contributed by atoms with Crippen molar-refractivity contribution in [3.63, 3.8) is 0 Å². The van der Waals surface area contributed by atoms with Crippen molar-refractivity contribution in [2.75, 3.05) is 19.7 Å². The van der Waals surface area contributed by atoms with Gasteiger partial charge in [0.2, 0.25) is 0 Å². The van der Waals surface area contributed by atoms with Gasteiger partial charge in [0.15, 0.2) is 0 Å². The summed E-state index contributed by atoms with van der Waals surface area (Å²) in [5, 5.41) is 8.80. The summed E-state index contributed by atoms with van der Waals surface area (Å²) in [6.45, 7) is 2.71. The molecule has 0 atom stereocenters. The Labute approximate surface area is 115 Å². The maximum Gasteiger partial charge on any atom is 0.288 e. The number of carbonyl (C=O) groups excluding carboxylic acids is 1. The summed E-state index contributed by atoms with van der Waals surface area (Å²) < 4.78 is 24.9. The lowest BCUT2D eigenvalue weighted by Gasteiger charge is -2.21. The van der Waals surface area contributed by atoms with Gasteiger partial charge in [-0.25, -0.2) is 0 Å². The zero-order chi connectivity index (χ0) is 14.3. The normalized spacial score (nSPS) is 10.8. The molecule has 3 nitrogen and oxygen atoms in total. The third kappa shape index (κ3) is 4.80. The highest BCUT2D eigenvalue weighted by Crippen LogP contribution is 2.29. The molecule has 0 unspecified atom stereocenters. The Kier molecular flexibility index (Phi) is 6.80. The number of halogens is 2. The van der Waals surface area contributed by atoms with Crippen LogP contribution in [0.5, 0.6) is 0 Å². The summed E-state index contributed by atoms with van der Waals surface area (Å²) in [6, 6.07) is 6.35. The highest BCUT2D eigenvalue weighted by atomic mass is 32.2. The first-order valence-electron chi connectivity index (χ1n) is 6.04. The molecule has 0 bridgehead atoms. The lowest BCUT2D eigenvalue weighted by molar-refractivity contribution is 0.0751. The summed E-state index contributed by atoms with van der Waals surface area (Å²) in [5.74, 6) is -2.83. The predicted molar refractivity (Wildman–Crippen MR) is 71.6 cm³/mol. The molecule has 0 aliphatic carbocycles. The largest absolute Gasteiger partial charge is 0.396 e. The quantitative estimate of drug-likeness (QED) is 0.785. The van der Waals surface area contributed by atoms with Gasteiger partial charge in [-0.1, -0.05) is 23.9 Å². The number of hydrogen-bond acceptors (Lipinski definition) is 3. The van der Waals surface area contributed by atoms with Crippen LogP contribution in [0.2, 0.25) is 0 Å². The minimum absolute atomic E-state index is 0.00277. The van der Waals surface area contributed by atoms with E-state index in [0.29, 0.717) is 31.3 Å². The molecule has 0 aromatic heterocycles. The fraction of sp³-hybridized carbons (Fsp3) is 0.462. The van der Waals surface area contributed by atoms with Crippen molar-refractivity contribution < 1.29 is 18.7 Å². The van der Waals surface area contributed by atoms with Crippen molar-refractivity contribution >= 4 is 17.7 Å².